The van der Waals surface area contributed by atoms with E-state index in [2.05, 4.69) is 0 Å². The smallest absolute Gasteiger partial charge is 0.317 e. The number of carbonyl (C=O) groups excluding carboxylic acids is 2. The number of esters is 1. The first-order valence-corrected chi connectivity index (χ1v) is 7.96. The molecular formula is C18H22O3. The van der Waals surface area contributed by atoms with Crippen molar-refractivity contribution >= 4 is 11.8 Å². The molecule has 1 saturated carbocycles. The summed E-state index contributed by atoms with van der Waals surface area (Å²) < 4.78 is 5.76. The molecule has 0 amide bonds. The molecule has 2 unspecified atom stereocenters. The van der Waals surface area contributed by atoms with Crippen LogP contribution in [0.4, 0.5) is 0 Å². The molecule has 2 fully saturated rings. The standard InChI is InChI=1S/C18H22O3/c1-2-14(13-8-4-3-5-9-13)16-15(19)12-18(21-17(16)20)10-6-7-11-18/h3-5,8-9,14,16H,2,6-7,10-12H2,1H3. The van der Waals surface area contributed by atoms with Gasteiger partial charge in [-0.2, -0.15) is 0 Å². The van der Waals surface area contributed by atoms with E-state index in [1.165, 1.54) is 0 Å². The van der Waals surface area contributed by atoms with Gasteiger partial charge < -0.3 is 4.74 Å². The maximum atomic E-state index is 12.6. The third-order valence-electron chi connectivity index (χ3n) is 5.00. The summed E-state index contributed by atoms with van der Waals surface area (Å²) in [5.41, 5.74) is 0.581. The summed E-state index contributed by atoms with van der Waals surface area (Å²) in [6.07, 6.45) is 4.98. The van der Waals surface area contributed by atoms with E-state index < -0.39 is 11.5 Å². The lowest BCUT2D eigenvalue weighted by Crippen LogP contribution is -2.47. The zero-order valence-electron chi connectivity index (χ0n) is 12.5. The second-order valence-corrected chi connectivity index (χ2v) is 6.36. The van der Waals surface area contributed by atoms with E-state index in [1.807, 2.05) is 37.3 Å². The highest BCUT2D eigenvalue weighted by molar-refractivity contribution is 6.02. The second-order valence-electron chi connectivity index (χ2n) is 6.36. The maximum absolute atomic E-state index is 12.6. The molecule has 0 bridgehead atoms. The van der Waals surface area contributed by atoms with Gasteiger partial charge in [-0.3, -0.25) is 9.59 Å². The minimum Gasteiger partial charge on any atom is -0.458 e. The van der Waals surface area contributed by atoms with E-state index in [9.17, 15) is 9.59 Å². The summed E-state index contributed by atoms with van der Waals surface area (Å²) in [5, 5.41) is 0. The highest BCUT2D eigenvalue weighted by Crippen LogP contribution is 2.43. The number of hydrogen-bond donors (Lipinski definition) is 0. The van der Waals surface area contributed by atoms with Gasteiger partial charge in [0.1, 0.15) is 11.5 Å². The summed E-state index contributed by atoms with van der Waals surface area (Å²) in [4.78, 5) is 25.1. The zero-order valence-corrected chi connectivity index (χ0v) is 12.5. The Morgan fingerprint density at radius 1 is 1.19 bits per heavy atom. The van der Waals surface area contributed by atoms with Gasteiger partial charge in [0, 0.05) is 12.3 Å². The maximum Gasteiger partial charge on any atom is 0.317 e. The van der Waals surface area contributed by atoms with Gasteiger partial charge >= 0.3 is 5.97 Å². The Hall–Kier alpha value is -1.64. The zero-order chi connectivity index (χ0) is 14.9. The van der Waals surface area contributed by atoms with Crippen molar-refractivity contribution in [2.24, 2.45) is 5.92 Å². The third kappa shape index (κ3) is 2.61. The largest absolute Gasteiger partial charge is 0.458 e. The van der Waals surface area contributed by atoms with Crippen molar-refractivity contribution in [3.05, 3.63) is 35.9 Å². The Morgan fingerprint density at radius 2 is 1.86 bits per heavy atom. The normalized spacial score (nSPS) is 25.9. The molecule has 1 aromatic carbocycles. The van der Waals surface area contributed by atoms with Crippen LogP contribution in [0.2, 0.25) is 0 Å². The van der Waals surface area contributed by atoms with E-state index in [-0.39, 0.29) is 17.7 Å². The lowest BCUT2D eigenvalue weighted by molar-refractivity contribution is -0.178. The number of hydrogen-bond acceptors (Lipinski definition) is 3. The first kappa shape index (κ1) is 14.3. The Kier molecular flexibility index (Phi) is 3.83. The molecule has 21 heavy (non-hydrogen) atoms. The molecule has 2 aliphatic rings. The topological polar surface area (TPSA) is 43.4 Å². The Morgan fingerprint density at radius 3 is 2.43 bits per heavy atom. The number of Topliss-reactive ketones (excluding diaryl/α,β-unsaturated/α-hetero) is 1. The van der Waals surface area contributed by atoms with E-state index in [4.69, 9.17) is 4.74 Å². The van der Waals surface area contributed by atoms with E-state index in [0.29, 0.717) is 6.42 Å². The number of ether oxygens (including phenoxy) is 1. The first-order chi connectivity index (χ1) is 10.2. The predicted molar refractivity (Wildman–Crippen MR) is 79.9 cm³/mol. The van der Waals surface area contributed by atoms with Crippen LogP contribution in [0.3, 0.4) is 0 Å². The minimum absolute atomic E-state index is 0.0649. The van der Waals surface area contributed by atoms with Crippen LogP contribution in [0, 0.1) is 5.92 Å². The van der Waals surface area contributed by atoms with Gasteiger partial charge in [-0.15, -0.1) is 0 Å². The van der Waals surface area contributed by atoms with E-state index in [0.717, 1.165) is 37.7 Å². The van der Waals surface area contributed by atoms with Gasteiger partial charge in [0.2, 0.25) is 0 Å². The summed E-state index contributed by atoms with van der Waals surface area (Å²) in [6.45, 7) is 2.03. The quantitative estimate of drug-likeness (QED) is 0.629. The van der Waals surface area contributed by atoms with Crippen LogP contribution in [-0.2, 0) is 14.3 Å². The summed E-state index contributed by atoms with van der Waals surface area (Å²) in [7, 11) is 0. The van der Waals surface area contributed by atoms with Crippen LogP contribution in [0.25, 0.3) is 0 Å². The van der Waals surface area contributed by atoms with Crippen molar-refractivity contribution < 1.29 is 14.3 Å². The predicted octanol–water partition coefficient (Wildman–Crippen LogP) is 3.63. The number of ketones is 1. The monoisotopic (exact) mass is 286 g/mol. The third-order valence-corrected chi connectivity index (χ3v) is 5.00. The Labute approximate surface area is 125 Å². The van der Waals surface area contributed by atoms with E-state index in [1.54, 1.807) is 0 Å². The van der Waals surface area contributed by atoms with Crippen molar-refractivity contribution in [3.63, 3.8) is 0 Å². The fraction of sp³-hybridized carbons (Fsp3) is 0.556. The molecule has 112 valence electrons. The van der Waals surface area contributed by atoms with Crippen LogP contribution >= 0.6 is 0 Å². The first-order valence-electron chi connectivity index (χ1n) is 7.96. The van der Waals surface area contributed by atoms with Crippen LogP contribution in [-0.4, -0.2) is 17.4 Å². The fourth-order valence-corrected chi connectivity index (χ4v) is 3.92. The molecule has 1 heterocycles. The molecule has 0 aromatic heterocycles. The molecule has 3 heteroatoms. The summed E-state index contributed by atoms with van der Waals surface area (Å²) in [5.74, 6) is -0.915. The highest BCUT2D eigenvalue weighted by Gasteiger charge is 2.50. The average Bonchev–Trinajstić information content (AvgIpc) is 2.91. The lowest BCUT2D eigenvalue weighted by Gasteiger charge is -2.38. The van der Waals surface area contributed by atoms with Crippen LogP contribution in [0.5, 0.6) is 0 Å². The molecule has 0 N–H and O–H groups in total. The molecule has 1 aliphatic carbocycles. The molecule has 3 rings (SSSR count). The van der Waals surface area contributed by atoms with Gasteiger partial charge in [0.15, 0.2) is 5.78 Å². The summed E-state index contributed by atoms with van der Waals surface area (Å²) >= 11 is 0. The van der Waals surface area contributed by atoms with Gasteiger partial charge in [0.25, 0.3) is 0 Å². The molecule has 1 saturated heterocycles. The molecule has 1 aromatic rings. The highest BCUT2D eigenvalue weighted by atomic mass is 16.6. The average molecular weight is 286 g/mol. The molecule has 1 spiro atoms. The van der Waals surface area contributed by atoms with Crippen molar-refractivity contribution in [2.45, 2.75) is 57.0 Å². The van der Waals surface area contributed by atoms with Crippen molar-refractivity contribution in [1.82, 2.24) is 0 Å². The molecule has 0 radical (unpaired) electrons. The summed E-state index contributed by atoms with van der Waals surface area (Å²) in [6, 6.07) is 9.85. The van der Waals surface area contributed by atoms with Crippen LogP contribution < -0.4 is 0 Å². The SMILES string of the molecule is CCC(c1ccccc1)C1C(=O)CC2(CCCC2)OC1=O. The second kappa shape index (κ2) is 5.63. The van der Waals surface area contributed by atoms with Crippen molar-refractivity contribution in [2.75, 3.05) is 0 Å². The van der Waals surface area contributed by atoms with Crippen LogP contribution in [0.15, 0.2) is 30.3 Å². The van der Waals surface area contributed by atoms with Gasteiger partial charge in [0.05, 0.1) is 0 Å². The Bertz CT molecular complexity index is 509. The number of benzene rings is 1. The van der Waals surface area contributed by atoms with E-state index >= 15 is 0 Å². The van der Waals surface area contributed by atoms with Crippen LogP contribution in [0.1, 0.15) is 56.9 Å². The number of rotatable bonds is 3. The molecule has 1 aliphatic heterocycles. The fourth-order valence-electron chi connectivity index (χ4n) is 3.92. The lowest BCUT2D eigenvalue weighted by atomic mass is 9.76. The molecular weight excluding hydrogens is 264 g/mol. The van der Waals surface area contributed by atoms with Gasteiger partial charge in [-0.1, -0.05) is 37.3 Å². The van der Waals surface area contributed by atoms with Crippen molar-refractivity contribution in [3.8, 4) is 0 Å². The van der Waals surface area contributed by atoms with Gasteiger partial charge in [-0.05, 0) is 37.7 Å². The number of carbonyl (C=O) groups is 2. The minimum atomic E-state index is -0.622. The molecule has 2 atom stereocenters. The van der Waals surface area contributed by atoms with Gasteiger partial charge in [-0.25, -0.2) is 0 Å². The molecule has 3 nitrogen and oxygen atoms in total. The Balaban J connectivity index is 1.85. The van der Waals surface area contributed by atoms with Crippen molar-refractivity contribution in [1.29, 1.82) is 0 Å².